The first-order valence-electron chi connectivity index (χ1n) is 15.7. The number of fused-ring (bicyclic) bond motifs is 9. The van der Waals surface area contributed by atoms with Crippen LogP contribution in [0.4, 0.5) is 16.2 Å². The van der Waals surface area contributed by atoms with Gasteiger partial charge in [0.1, 0.15) is 11.4 Å². The number of nitrogens with two attached hydrogens (primary N) is 1. The van der Waals surface area contributed by atoms with E-state index in [0.717, 1.165) is 55.4 Å². The summed E-state index contributed by atoms with van der Waals surface area (Å²) < 4.78 is 0. The van der Waals surface area contributed by atoms with Crippen LogP contribution in [0.2, 0.25) is 0 Å². The summed E-state index contributed by atoms with van der Waals surface area (Å²) in [6, 6.07) is 10.8. The molecule has 6 heterocycles. The second kappa shape index (κ2) is 9.85. The van der Waals surface area contributed by atoms with Gasteiger partial charge in [0.25, 0.3) is 11.8 Å². The van der Waals surface area contributed by atoms with Gasteiger partial charge in [0.15, 0.2) is 0 Å². The highest BCUT2D eigenvalue weighted by atomic mass is 35.5. The maximum absolute atomic E-state index is 14.1. The highest BCUT2D eigenvalue weighted by molar-refractivity contribution is 6.18. The maximum atomic E-state index is 14.1. The number of carbonyl (C=O) groups is 4. The maximum Gasteiger partial charge on any atom is 0.319 e. The van der Waals surface area contributed by atoms with Crippen molar-refractivity contribution in [3.63, 3.8) is 0 Å². The molecule has 2 aromatic carbocycles. The number of allylic oxidation sites excluding steroid dienone is 2. The summed E-state index contributed by atoms with van der Waals surface area (Å²) in [6.07, 6.45) is 4.72. The fraction of sp³-hybridized carbons (Fsp3) is 0.257. The van der Waals surface area contributed by atoms with Crippen molar-refractivity contribution in [3.8, 4) is 0 Å². The number of urea groups is 1. The Morgan fingerprint density at radius 3 is 2.11 bits per heavy atom. The molecule has 5 aromatic rings. The predicted octanol–water partition coefficient (Wildman–Crippen LogP) is 5.10. The average Bonchev–Trinajstić information content (AvgIpc) is 3.90. The zero-order chi connectivity index (χ0) is 32.3. The number of carbonyl (C=O) groups excluding carboxylic acids is 4. The van der Waals surface area contributed by atoms with Crippen LogP contribution in [-0.2, 0) is 12.8 Å². The number of anilines is 2. The first-order valence-corrected chi connectivity index (χ1v) is 16.3. The summed E-state index contributed by atoms with van der Waals surface area (Å²) in [7, 11) is 0. The zero-order valence-electron chi connectivity index (χ0n) is 25.4. The van der Waals surface area contributed by atoms with Gasteiger partial charge < -0.3 is 30.5 Å². The number of ketones is 1. The van der Waals surface area contributed by atoms with Gasteiger partial charge in [0.2, 0.25) is 5.78 Å². The van der Waals surface area contributed by atoms with Crippen LogP contribution < -0.4 is 15.5 Å². The molecule has 0 radical (unpaired) electrons. The molecule has 3 aliphatic heterocycles. The minimum Gasteiger partial charge on any atom is -0.358 e. The molecular formula is C35H30ClN7O4. The Balaban J connectivity index is 1.02. The van der Waals surface area contributed by atoms with Crippen LogP contribution in [-0.4, -0.2) is 69.0 Å². The van der Waals surface area contributed by atoms with Gasteiger partial charge >= 0.3 is 6.03 Å². The number of H-pyrrole nitrogens is 3. The summed E-state index contributed by atoms with van der Waals surface area (Å²) in [6.45, 7) is 3.41. The summed E-state index contributed by atoms with van der Waals surface area (Å²) in [5.74, 6) is -0.286. The van der Waals surface area contributed by atoms with Gasteiger partial charge in [-0.15, -0.1) is 11.6 Å². The summed E-state index contributed by atoms with van der Waals surface area (Å²) in [5.41, 5.74) is 14.9. The van der Waals surface area contributed by atoms with Crippen molar-refractivity contribution in [1.82, 2.24) is 19.9 Å². The average molecular weight is 648 g/mol. The minimum atomic E-state index is -0.486. The predicted molar refractivity (Wildman–Crippen MR) is 179 cm³/mol. The third-order valence-electron chi connectivity index (χ3n) is 10.4. The van der Waals surface area contributed by atoms with Crippen molar-refractivity contribution < 1.29 is 19.2 Å². The lowest BCUT2D eigenvalue weighted by molar-refractivity contribution is 0.0814. The van der Waals surface area contributed by atoms with Gasteiger partial charge in [-0.1, -0.05) is 0 Å². The molecule has 1 unspecified atom stereocenters. The van der Waals surface area contributed by atoms with Gasteiger partial charge in [-0.3, -0.25) is 19.3 Å². The molecule has 3 aromatic heterocycles. The fourth-order valence-corrected chi connectivity index (χ4v) is 8.55. The number of aryl methyl sites for hydroxylation is 1. The topological polar surface area (TPSA) is 151 Å². The lowest BCUT2D eigenvalue weighted by Crippen LogP contribution is -2.33. The van der Waals surface area contributed by atoms with E-state index in [9.17, 15) is 19.2 Å². The lowest BCUT2D eigenvalue weighted by Gasteiger charge is -2.24. The molecular weight excluding hydrogens is 618 g/mol. The lowest BCUT2D eigenvalue weighted by atomic mass is 9.81. The van der Waals surface area contributed by atoms with E-state index in [1.165, 1.54) is 0 Å². The SMILES string of the molecule is Cc1c[nH]c2c1C1C(=CC2=O)N(C(=O)c2cc3c4c(ccc3[nH]2)N(C(=O)c2cc3c5c(ccc3[nH]2)N(C(N)=O)CC5)CC4)C[C@@H]1CCl. The highest BCUT2D eigenvalue weighted by Gasteiger charge is 2.46. The quantitative estimate of drug-likeness (QED) is 0.201. The van der Waals surface area contributed by atoms with Crippen LogP contribution in [0.1, 0.15) is 59.6 Å². The van der Waals surface area contributed by atoms with Crippen LogP contribution in [0.3, 0.4) is 0 Å². The standard InChI is InChI=1S/C35H30ClN7O4/c1-16-14-38-32-29(44)12-28-31(30(16)32)17(13-36)15-43(28)34(46)25-11-20-18-6-8-41(26(18)4-2-22(20)40-25)33(45)24-10-21-19-7-9-42(35(37)47)27(19)5-3-23(21)39-24/h2-5,10-12,14,17,31,38-40H,6-9,13,15H2,1H3,(H2,37,47)/t17-,31?/m0/s1. The number of benzene rings is 2. The van der Waals surface area contributed by atoms with E-state index in [-0.39, 0.29) is 29.4 Å². The number of nitrogens with one attached hydrogen (secondary N) is 3. The molecule has 12 heteroatoms. The number of nitrogens with zero attached hydrogens (tertiary/aromatic N) is 3. The molecule has 5 N–H and O–H groups in total. The van der Waals surface area contributed by atoms with Crippen molar-refractivity contribution in [1.29, 1.82) is 0 Å². The molecule has 0 bridgehead atoms. The number of aromatic nitrogens is 3. The van der Waals surface area contributed by atoms with E-state index in [1.54, 1.807) is 20.8 Å². The Labute approximate surface area is 273 Å². The zero-order valence-corrected chi connectivity index (χ0v) is 26.2. The smallest absolute Gasteiger partial charge is 0.319 e. The van der Waals surface area contributed by atoms with Crippen molar-refractivity contribution in [2.75, 3.05) is 35.3 Å². The van der Waals surface area contributed by atoms with E-state index < -0.39 is 6.03 Å². The Kier molecular flexibility index (Phi) is 5.87. The summed E-state index contributed by atoms with van der Waals surface area (Å²) in [4.78, 5) is 67.5. The van der Waals surface area contributed by atoms with E-state index >= 15 is 0 Å². The Morgan fingerprint density at radius 1 is 0.894 bits per heavy atom. The van der Waals surface area contributed by atoms with Gasteiger partial charge in [-0.25, -0.2) is 4.79 Å². The number of hydrogen-bond acceptors (Lipinski definition) is 4. The van der Waals surface area contributed by atoms with Gasteiger partial charge in [0.05, 0.1) is 5.69 Å². The molecule has 11 nitrogen and oxygen atoms in total. The molecule has 236 valence electrons. The number of amides is 4. The number of halogens is 1. The number of hydrogen-bond donors (Lipinski definition) is 4. The molecule has 47 heavy (non-hydrogen) atoms. The van der Waals surface area contributed by atoms with Crippen LogP contribution in [0, 0.1) is 12.8 Å². The Bertz CT molecular complexity index is 2280. The molecule has 2 atom stereocenters. The second-order valence-electron chi connectivity index (χ2n) is 12.9. The molecule has 1 fully saturated rings. The second-order valence-corrected chi connectivity index (χ2v) is 13.2. The van der Waals surface area contributed by atoms with Gasteiger partial charge in [-0.2, -0.15) is 0 Å². The number of primary amides is 1. The molecule has 1 saturated heterocycles. The van der Waals surface area contributed by atoms with Crippen LogP contribution in [0.25, 0.3) is 21.8 Å². The molecule has 0 spiro atoms. The molecule has 9 rings (SSSR count). The molecule has 1 aliphatic carbocycles. The van der Waals surface area contributed by atoms with E-state index in [4.69, 9.17) is 17.3 Å². The number of rotatable bonds is 3. The third kappa shape index (κ3) is 3.86. The van der Waals surface area contributed by atoms with Crippen LogP contribution in [0.15, 0.2) is 54.4 Å². The first-order chi connectivity index (χ1) is 22.7. The molecule has 4 aliphatic rings. The fourth-order valence-electron chi connectivity index (χ4n) is 8.27. The number of likely N-dealkylation sites (tertiary alicyclic amines) is 1. The van der Waals surface area contributed by atoms with Gasteiger partial charge in [-0.05, 0) is 78.4 Å². The first kappa shape index (κ1) is 28.0. The van der Waals surface area contributed by atoms with Gasteiger partial charge in [0, 0.05) is 88.5 Å². The monoisotopic (exact) mass is 647 g/mol. The van der Waals surface area contributed by atoms with Crippen molar-refractivity contribution in [2.24, 2.45) is 11.7 Å². The third-order valence-corrected chi connectivity index (χ3v) is 10.8. The molecule has 0 saturated carbocycles. The normalized spacial score (nSPS) is 19.7. The summed E-state index contributed by atoms with van der Waals surface area (Å²) >= 11 is 6.42. The van der Waals surface area contributed by atoms with E-state index in [1.807, 2.05) is 49.5 Å². The van der Waals surface area contributed by atoms with E-state index in [0.29, 0.717) is 61.1 Å². The van der Waals surface area contributed by atoms with E-state index in [2.05, 4.69) is 15.0 Å². The molecule has 4 amide bonds. The van der Waals surface area contributed by atoms with Crippen LogP contribution in [0.5, 0.6) is 0 Å². The van der Waals surface area contributed by atoms with Crippen LogP contribution >= 0.6 is 11.6 Å². The van der Waals surface area contributed by atoms with Crippen molar-refractivity contribution in [3.05, 3.63) is 93.7 Å². The number of alkyl halides is 1. The highest BCUT2D eigenvalue weighted by Crippen LogP contribution is 2.47. The van der Waals surface area contributed by atoms with Crippen molar-refractivity contribution in [2.45, 2.75) is 25.7 Å². The minimum absolute atomic E-state index is 0.0193. The Morgan fingerprint density at radius 2 is 1.49 bits per heavy atom. The van der Waals surface area contributed by atoms with Crippen molar-refractivity contribution >= 4 is 68.4 Å². The summed E-state index contributed by atoms with van der Waals surface area (Å²) in [5, 5.41) is 1.81. The number of aromatic amines is 3. The Hall–Kier alpha value is -5.29. The largest absolute Gasteiger partial charge is 0.358 e.